The number of hydrogen-bond donors (Lipinski definition) is 2. The minimum atomic E-state index is -1.29. The summed E-state index contributed by atoms with van der Waals surface area (Å²) >= 11 is 0. The second kappa shape index (κ2) is 13.0. The molecule has 0 unspecified atom stereocenters. The van der Waals surface area contributed by atoms with E-state index in [0.29, 0.717) is 23.5 Å². The number of anilines is 1. The number of nitrogens with zero attached hydrogens (tertiary/aromatic N) is 5. The average molecular weight is 632 g/mol. The Morgan fingerprint density at radius 3 is 2.02 bits per heavy atom. The summed E-state index contributed by atoms with van der Waals surface area (Å²) in [4.78, 5) is 15.3. The van der Waals surface area contributed by atoms with Crippen LogP contribution in [0.25, 0.3) is 11.2 Å². The van der Waals surface area contributed by atoms with Crippen molar-refractivity contribution >= 4 is 17.0 Å². The first-order valence-electron chi connectivity index (χ1n) is 15.4. The zero-order chi connectivity index (χ0) is 32.4. The molecule has 0 radical (unpaired) electrons. The number of aliphatic hydroxyl groups excluding tert-OH is 2. The molecule has 1 aliphatic rings. The van der Waals surface area contributed by atoms with Crippen LogP contribution in [0.15, 0.2) is 128 Å². The monoisotopic (exact) mass is 631 g/mol. The highest BCUT2D eigenvalue weighted by Crippen LogP contribution is 2.42. The van der Waals surface area contributed by atoms with Gasteiger partial charge in [-0.2, -0.15) is 0 Å². The number of aromatic nitrogens is 4. The maximum Gasteiger partial charge on any atom is 0.167 e. The van der Waals surface area contributed by atoms with Crippen LogP contribution in [0.4, 0.5) is 10.2 Å². The quantitative estimate of drug-likeness (QED) is 0.198. The molecule has 10 heteroatoms. The van der Waals surface area contributed by atoms with Crippen LogP contribution in [0.2, 0.25) is 0 Å². The molecule has 0 spiro atoms. The van der Waals surface area contributed by atoms with Crippen molar-refractivity contribution in [3.05, 3.63) is 156 Å². The van der Waals surface area contributed by atoms with Crippen molar-refractivity contribution in [1.29, 1.82) is 0 Å². The van der Waals surface area contributed by atoms with Crippen LogP contribution in [-0.2, 0) is 21.6 Å². The predicted octanol–water partition coefficient (Wildman–Crippen LogP) is 5.23. The van der Waals surface area contributed by atoms with Gasteiger partial charge in [0.2, 0.25) is 0 Å². The predicted molar refractivity (Wildman–Crippen MR) is 175 cm³/mol. The van der Waals surface area contributed by atoms with E-state index >= 15 is 0 Å². The molecule has 2 N–H and O–H groups in total. The summed E-state index contributed by atoms with van der Waals surface area (Å²) in [5.41, 5.74) is 3.39. The van der Waals surface area contributed by atoms with Crippen molar-refractivity contribution in [2.45, 2.75) is 36.7 Å². The van der Waals surface area contributed by atoms with E-state index in [-0.39, 0.29) is 12.4 Å². The van der Waals surface area contributed by atoms with Crippen LogP contribution in [0.1, 0.15) is 28.5 Å². The van der Waals surface area contributed by atoms with Crippen LogP contribution >= 0.6 is 0 Å². The fourth-order valence-corrected chi connectivity index (χ4v) is 6.36. The fraction of sp³-hybridized carbons (Fsp3) is 0.216. The molecule has 4 atom stereocenters. The number of imidazole rings is 1. The van der Waals surface area contributed by atoms with Crippen molar-refractivity contribution in [3.63, 3.8) is 0 Å². The molecular weight excluding hydrogens is 597 g/mol. The largest absolute Gasteiger partial charge is 0.387 e. The molecule has 1 saturated heterocycles. The van der Waals surface area contributed by atoms with Gasteiger partial charge in [-0.1, -0.05) is 103 Å². The first-order chi connectivity index (χ1) is 23.0. The Morgan fingerprint density at radius 1 is 0.809 bits per heavy atom. The second-order valence-corrected chi connectivity index (χ2v) is 11.6. The maximum absolute atomic E-state index is 13.8. The Balaban J connectivity index is 1.18. The third kappa shape index (κ3) is 5.77. The van der Waals surface area contributed by atoms with Gasteiger partial charge >= 0.3 is 0 Å². The van der Waals surface area contributed by atoms with E-state index in [1.807, 2.05) is 109 Å². The van der Waals surface area contributed by atoms with E-state index in [1.165, 1.54) is 24.8 Å². The number of hydrogen-bond acceptors (Lipinski definition) is 8. The minimum absolute atomic E-state index is 0.0311. The van der Waals surface area contributed by atoms with Crippen molar-refractivity contribution in [2.24, 2.45) is 0 Å². The lowest BCUT2D eigenvalue weighted by Gasteiger charge is -2.37. The van der Waals surface area contributed by atoms with Gasteiger partial charge in [-0.25, -0.2) is 19.3 Å². The third-order valence-electron chi connectivity index (χ3n) is 8.63. The van der Waals surface area contributed by atoms with Gasteiger partial charge in [-0.3, -0.25) is 4.57 Å². The number of ether oxygens (including phenoxy) is 2. The van der Waals surface area contributed by atoms with E-state index in [9.17, 15) is 14.6 Å². The van der Waals surface area contributed by atoms with Gasteiger partial charge in [0, 0.05) is 13.6 Å². The first kappa shape index (κ1) is 30.6. The van der Waals surface area contributed by atoms with Crippen molar-refractivity contribution in [1.82, 2.24) is 19.5 Å². The van der Waals surface area contributed by atoms with Crippen LogP contribution in [0.5, 0.6) is 0 Å². The molecule has 0 aliphatic carbocycles. The standard InChI is InChI=1S/C37H34FN5O4/c1-42(21-25-12-11-19-29(38)20-25)34-31-35(40-23-39-34)43(24-41-31)36-33(45)32(44)30(47-36)22-46-37(26-13-5-2-6-14-26,27-15-7-3-8-16-27)28-17-9-4-10-18-28/h2-20,23-24,30,32-33,36,44-45H,21-22H2,1H3/t30-,32-,33-,36-/m1/s1. The highest BCUT2D eigenvalue weighted by Gasteiger charge is 2.47. The van der Waals surface area contributed by atoms with E-state index in [4.69, 9.17) is 9.47 Å². The van der Waals surface area contributed by atoms with Crippen LogP contribution < -0.4 is 4.90 Å². The van der Waals surface area contributed by atoms with Gasteiger partial charge in [-0.15, -0.1) is 0 Å². The summed E-state index contributed by atoms with van der Waals surface area (Å²) in [6, 6.07) is 36.2. The summed E-state index contributed by atoms with van der Waals surface area (Å²) < 4.78 is 28.6. The zero-order valence-corrected chi connectivity index (χ0v) is 25.7. The topological polar surface area (TPSA) is 106 Å². The molecule has 6 aromatic rings. The van der Waals surface area contributed by atoms with Crippen LogP contribution in [0.3, 0.4) is 0 Å². The Labute approximate surface area is 271 Å². The van der Waals surface area contributed by atoms with Crippen molar-refractivity contribution < 1.29 is 24.1 Å². The lowest BCUT2D eigenvalue weighted by Crippen LogP contribution is -2.39. The molecule has 238 valence electrons. The Morgan fingerprint density at radius 2 is 1.43 bits per heavy atom. The Kier molecular flexibility index (Phi) is 8.48. The van der Waals surface area contributed by atoms with Crippen LogP contribution in [-0.4, -0.2) is 61.7 Å². The van der Waals surface area contributed by atoms with Gasteiger partial charge in [-0.05, 0) is 34.4 Å². The molecular formula is C37H34FN5O4. The summed E-state index contributed by atoms with van der Waals surface area (Å²) in [7, 11) is 1.84. The number of fused-ring (bicyclic) bond motifs is 1. The summed E-state index contributed by atoms with van der Waals surface area (Å²) in [6.07, 6.45) is -1.48. The van der Waals surface area contributed by atoms with Gasteiger partial charge in [0.25, 0.3) is 0 Å². The third-order valence-corrected chi connectivity index (χ3v) is 8.63. The highest BCUT2D eigenvalue weighted by atomic mass is 19.1. The second-order valence-electron chi connectivity index (χ2n) is 11.6. The molecule has 1 aliphatic heterocycles. The zero-order valence-electron chi connectivity index (χ0n) is 25.7. The molecule has 0 amide bonds. The average Bonchev–Trinajstić information content (AvgIpc) is 3.66. The molecule has 2 aromatic heterocycles. The first-order valence-corrected chi connectivity index (χ1v) is 15.4. The normalized spacial score (nSPS) is 19.7. The molecule has 0 bridgehead atoms. The molecule has 1 fully saturated rings. The Bertz CT molecular complexity index is 1850. The number of aliphatic hydroxyl groups is 2. The summed E-state index contributed by atoms with van der Waals surface area (Å²) in [5, 5.41) is 22.5. The van der Waals surface area contributed by atoms with E-state index in [1.54, 1.807) is 10.6 Å². The minimum Gasteiger partial charge on any atom is -0.387 e. The fourth-order valence-electron chi connectivity index (χ4n) is 6.36. The van der Waals surface area contributed by atoms with Gasteiger partial charge in [0.1, 0.15) is 36.1 Å². The summed E-state index contributed by atoms with van der Waals surface area (Å²) in [6.45, 7) is 0.361. The Hall–Kier alpha value is -5.00. The smallest absolute Gasteiger partial charge is 0.167 e. The number of halogens is 1. The molecule has 47 heavy (non-hydrogen) atoms. The number of benzene rings is 4. The van der Waals surface area contributed by atoms with E-state index in [2.05, 4.69) is 15.0 Å². The van der Waals surface area contributed by atoms with Crippen molar-refractivity contribution in [3.8, 4) is 0 Å². The lowest BCUT2D eigenvalue weighted by molar-refractivity contribution is -0.0942. The van der Waals surface area contributed by atoms with Gasteiger partial charge in [0.05, 0.1) is 12.9 Å². The molecule has 3 heterocycles. The van der Waals surface area contributed by atoms with E-state index < -0.39 is 30.1 Å². The molecule has 4 aromatic carbocycles. The molecule has 9 nitrogen and oxygen atoms in total. The summed E-state index contributed by atoms with van der Waals surface area (Å²) in [5.74, 6) is 0.218. The van der Waals surface area contributed by atoms with Crippen LogP contribution in [0, 0.1) is 5.82 Å². The van der Waals surface area contributed by atoms with E-state index in [0.717, 1.165) is 22.3 Å². The maximum atomic E-state index is 13.8. The lowest BCUT2D eigenvalue weighted by atomic mass is 9.80. The molecule has 0 saturated carbocycles. The SMILES string of the molecule is CN(Cc1cccc(F)c1)c1ncnc2c1ncn2[C@@H]1O[C@H](COC(c2ccccc2)(c2ccccc2)c2ccccc2)[C@@H](O)[C@H]1O. The highest BCUT2D eigenvalue weighted by molar-refractivity contribution is 5.83. The van der Waals surface area contributed by atoms with Gasteiger partial charge in [0.15, 0.2) is 23.2 Å². The van der Waals surface area contributed by atoms with Gasteiger partial charge < -0.3 is 24.6 Å². The van der Waals surface area contributed by atoms with Crippen molar-refractivity contribution in [2.75, 3.05) is 18.6 Å². The number of rotatable bonds is 10. The molecule has 7 rings (SSSR count).